The van der Waals surface area contributed by atoms with E-state index in [0.29, 0.717) is 13.1 Å². The van der Waals surface area contributed by atoms with Gasteiger partial charge in [0.05, 0.1) is 12.3 Å². The highest BCUT2D eigenvalue weighted by Gasteiger charge is 2.27. The molecule has 1 fully saturated rings. The summed E-state index contributed by atoms with van der Waals surface area (Å²) in [5, 5.41) is 2.63. The number of piperidine rings is 1. The summed E-state index contributed by atoms with van der Waals surface area (Å²) < 4.78 is 12.8. The van der Waals surface area contributed by atoms with Crippen molar-refractivity contribution in [1.29, 1.82) is 0 Å². The molecule has 0 spiro atoms. The molecule has 1 heterocycles. The SMILES string of the molecule is CNC(=O)C1CCCN(C(=O)Cc2ccc(F)cc2)C1. The minimum Gasteiger partial charge on any atom is -0.359 e. The number of amides is 2. The van der Waals surface area contributed by atoms with Crippen LogP contribution in [0.4, 0.5) is 4.39 Å². The normalized spacial score (nSPS) is 18.7. The molecule has 1 unspecified atom stereocenters. The van der Waals surface area contributed by atoms with Gasteiger partial charge >= 0.3 is 0 Å². The third-order valence-electron chi connectivity index (χ3n) is 3.66. The molecule has 0 saturated carbocycles. The van der Waals surface area contributed by atoms with E-state index < -0.39 is 0 Å². The Hall–Kier alpha value is -1.91. The summed E-state index contributed by atoms with van der Waals surface area (Å²) in [6.45, 7) is 1.16. The lowest BCUT2D eigenvalue weighted by atomic mass is 9.96. The van der Waals surface area contributed by atoms with Gasteiger partial charge in [-0.25, -0.2) is 4.39 Å². The van der Waals surface area contributed by atoms with Gasteiger partial charge < -0.3 is 10.2 Å². The Morgan fingerprint density at radius 2 is 2.05 bits per heavy atom. The number of nitrogens with zero attached hydrogens (tertiary/aromatic N) is 1. The summed E-state index contributed by atoms with van der Waals surface area (Å²) in [6.07, 6.45) is 1.91. The molecular weight excluding hydrogens is 259 g/mol. The number of likely N-dealkylation sites (tertiary alicyclic amines) is 1. The highest BCUT2D eigenvalue weighted by molar-refractivity contribution is 5.82. The van der Waals surface area contributed by atoms with Gasteiger partial charge in [-0.15, -0.1) is 0 Å². The molecule has 1 aliphatic rings. The van der Waals surface area contributed by atoms with Crippen LogP contribution >= 0.6 is 0 Å². The standard InChI is InChI=1S/C15H19FN2O2/c1-17-15(20)12-3-2-8-18(10-12)14(19)9-11-4-6-13(16)7-5-11/h4-7,12H,2-3,8-10H2,1H3,(H,17,20). The Labute approximate surface area is 118 Å². The summed E-state index contributed by atoms with van der Waals surface area (Å²) >= 11 is 0. The molecule has 1 aliphatic heterocycles. The minimum atomic E-state index is -0.307. The van der Waals surface area contributed by atoms with Gasteiger partial charge in [0.1, 0.15) is 5.82 Å². The molecule has 108 valence electrons. The van der Waals surface area contributed by atoms with Crippen molar-refractivity contribution in [2.75, 3.05) is 20.1 Å². The number of carbonyl (C=O) groups is 2. The predicted octanol–water partition coefficient (Wildman–Crippen LogP) is 1.35. The third kappa shape index (κ3) is 3.56. The summed E-state index contributed by atoms with van der Waals surface area (Å²) in [7, 11) is 1.61. The van der Waals surface area contributed by atoms with Crippen molar-refractivity contribution < 1.29 is 14.0 Å². The number of benzene rings is 1. The molecule has 4 nitrogen and oxygen atoms in total. The molecule has 1 aromatic rings. The second-order valence-corrected chi connectivity index (χ2v) is 5.10. The quantitative estimate of drug-likeness (QED) is 0.907. The van der Waals surface area contributed by atoms with Crippen molar-refractivity contribution in [2.45, 2.75) is 19.3 Å². The molecule has 0 bridgehead atoms. The zero-order valence-electron chi connectivity index (χ0n) is 11.6. The van der Waals surface area contributed by atoms with E-state index in [-0.39, 0.29) is 30.0 Å². The van der Waals surface area contributed by atoms with Crippen LogP contribution in [0.3, 0.4) is 0 Å². The maximum absolute atomic E-state index is 12.8. The topological polar surface area (TPSA) is 49.4 Å². The molecule has 1 N–H and O–H groups in total. The zero-order valence-corrected chi connectivity index (χ0v) is 11.6. The molecule has 2 amide bonds. The van der Waals surface area contributed by atoms with Crippen LogP contribution < -0.4 is 5.32 Å². The zero-order chi connectivity index (χ0) is 14.5. The summed E-state index contributed by atoms with van der Waals surface area (Å²) in [6, 6.07) is 5.94. The van der Waals surface area contributed by atoms with Gasteiger partial charge in [0.15, 0.2) is 0 Å². The Balaban J connectivity index is 1.95. The fourth-order valence-electron chi connectivity index (χ4n) is 2.51. The van der Waals surface area contributed by atoms with E-state index in [1.54, 1.807) is 24.1 Å². The number of halogens is 1. The smallest absolute Gasteiger partial charge is 0.227 e. The lowest BCUT2D eigenvalue weighted by Crippen LogP contribution is -2.45. The van der Waals surface area contributed by atoms with Crippen LogP contribution in [0, 0.1) is 11.7 Å². The van der Waals surface area contributed by atoms with Gasteiger partial charge in [0.2, 0.25) is 11.8 Å². The Bertz CT molecular complexity index is 487. The maximum Gasteiger partial charge on any atom is 0.227 e. The first kappa shape index (κ1) is 14.5. The first-order valence-corrected chi connectivity index (χ1v) is 6.84. The fourth-order valence-corrected chi connectivity index (χ4v) is 2.51. The van der Waals surface area contributed by atoms with E-state index >= 15 is 0 Å². The van der Waals surface area contributed by atoms with Gasteiger partial charge in [-0.2, -0.15) is 0 Å². The molecule has 20 heavy (non-hydrogen) atoms. The monoisotopic (exact) mass is 278 g/mol. The van der Waals surface area contributed by atoms with Crippen LogP contribution in [0.25, 0.3) is 0 Å². The summed E-state index contributed by atoms with van der Waals surface area (Å²) in [4.78, 5) is 25.6. The molecule has 1 saturated heterocycles. The van der Waals surface area contributed by atoms with Crippen molar-refractivity contribution in [1.82, 2.24) is 10.2 Å². The highest BCUT2D eigenvalue weighted by Crippen LogP contribution is 2.17. The van der Waals surface area contributed by atoms with Crippen LogP contribution in [-0.2, 0) is 16.0 Å². The van der Waals surface area contributed by atoms with Crippen LogP contribution in [-0.4, -0.2) is 36.9 Å². The second kappa shape index (κ2) is 6.50. The number of nitrogens with one attached hydrogen (secondary N) is 1. The van der Waals surface area contributed by atoms with Crippen LogP contribution in [0.5, 0.6) is 0 Å². The molecular formula is C15H19FN2O2. The van der Waals surface area contributed by atoms with Crippen molar-refractivity contribution in [3.8, 4) is 0 Å². The van der Waals surface area contributed by atoms with E-state index in [2.05, 4.69) is 5.32 Å². The largest absolute Gasteiger partial charge is 0.359 e. The van der Waals surface area contributed by atoms with E-state index in [1.807, 2.05) is 0 Å². The van der Waals surface area contributed by atoms with Crippen LogP contribution in [0.2, 0.25) is 0 Å². The average Bonchev–Trinajstić information content (AvgIpc) is 2.49. The molecule has 0 aliphatic carbocycles. The van der Waals surface area contributed by atoms with E-state index in [4.69, 9.17) is 0 Å². The Kier molecular flexibility index (Phi) is 4.71. The van der Waals surface area contributed by atoms with Gasteiger partial charge in [0, 0.05) is 20.1 Å². The van der Waals surface area contributed by atoms with Crippen molar-refractivity contribution in [2.24, 2.45) is 5.92 Å². The van der Waals surface area contributed by atoms with E-state index in [0.717, 1.165) is 18.4 Å². The van der Waals surface area contributed by atoms with E-state index in [9.17, 15) is 14.0 Å². The van der Waals surface area contributed by atoms with Crippen molar-refractivity contribution in [3.63, 3.8) is 0 Å². The van der Waals surface area contributed by atoms with Crippen LogP contribution in [0.1, 0.15) is 18.4 Å². The predicted molar refractivity (Wildman–Crippen MR) is 73.5 cm³/mol. The summed E-state index contributed by atoms with van der Waals surface area (Å²) in [5.74, 6) is -0.445. The molecule has 1 atom stereocenters. The second-order valence-electron chi connectivity index (χ2n) is 5.10. The first-order valence-electron chi connectivity index (χ1n) is 6.84. The lowest BCUT2D eigenvalue weighted by molar-refractivity contribution is -0.135. The van der Waals surface area contributed by atoms with Crippen molar-refractivity contribution >= 4 is 11.8 Å². The Morgan fingerprint density at radius 3 is 2.70 bits per heavy atom. The van der Waals surface area contributed by atoms with Crippen LogP contribution in [0.15, 0.2) is 24.3 Å². The van der Waals surface area contributed by atoms with Gasteiger partial charge in [-0.1, -0.05) is 12.1 Å². The fraction of sp³-hybridized carbons (Fsp3) is 0.467. The van der Waals surface area contributed by atoms with Crippen molar-refractivity contribution in [3.05, 3.63) is 35.6 Å². The molecule has 0 radical (unpaired) electrons. The third-order valence-corrected chi connectivity index (χ3v) is 3.66. The minimum absolute atomic E-state index is 0.00906. The Morgan fingerprint density at radius 1 is 1.35 bits per heavy atom. The summed E-state index contributed by atoms with van der Waals surface area (Å²) in [5.41, 5.74) is 0.790. The van der Waals surface area contributed by atoms with E-state index in [1.165, 1.54) is 12.1 Å². The first-order chi connectivity index (χ1) is 9.60. The number of rotatable bonds is 3. The number of hydrogen-bond donors (Lipinski definition) is 1. The van der Waals surface area contributed by atoms with Gasteiger partial charge in [-0.3, -0.25) is 9.59 Å². The highest BCUT2D eigenvalue weighted by atomic mass is 19.1. The molecule has 1 aromatic carbocycles. The van der Waals surface area contributed by atoms with Gasteiger partial charge in [0.25, 0.3) is 0 Å². The van der Waals surface area contributed by atoms with Gasteiger partial charge in [-0.05, 0) is 30.5 Å². The lowest BCUT2D eigenvalue weighted by Gasteiger charge is -2.32. The molecule has 2 rings (SSSR count). The maximum atomic E-state index is 12.8. The number of hydrogen-bond acceptors (Lipinski definition) is 2. The average molecular weight is 278 g/mol. The molecule has 0 aromatic heterocycles. The number of carbonyl (C=O) groups excluding carboxylic acids is 2. The molecule has 5 heteroatoms.